The van der Waals surface area contributed by atoms with Crippen LogP contribution in [0.5, 0.6) is 5.75 Å². The van der Waals surface area contributed by atoms with E-state index in [1.165, 1.54) is 0 Å². The molecule has 0 radical (unpaired) electrons. The molecule has 6 nitrogen and oxygen atoms in total. The number of nitrogens with zero attached hydrogens (tertiary/aromatic N) is 1. The Balaban J connectivity index is 1.58. The molecule has 6 heteroatoms. The SMILES string of the molecule is CCOc1ccccc1NCC(=O)Nc1cccc(C(=O)N2CCCC2)c1. The Bertz CT molecular complexity index is 801. The number of nitrogens with one attached hydrogen (secondary N) is 2. The molecule has 3 rings (SSSR count). The van der Waals surface area contributed by atoms with E-state index >= 15 is 0 Å². The molecule has 1 aliphatic rings. The van der Waals surface area contributed by atoms with Crippen LogP contribution in [0.2, 0.25) is 0 Å². The van der Waals surface area contributed by atoms with Crippen LogP contribution in [0, 0.1) is 0 Å². The van der Waals surface area contributed by atoms with Gasteiger partial charge in [0.15, 0.2) is 0 Å². The van der Waals surface area contributed by atoms with Gasteiger partial charge < -0.3 is 20.3 Å². The third kappa shape index (κ3) is 5.00. The highest BCUT2D eigenvalue weighted by atomic mass is 16.5. The van der Waals surface area contributed by atoms with Gasteiger partial charge in [0.1, 0.15) is 5.75 Å². The predicted molar refractivity (Wildman–Crippen MR) is 106 cm³/mol. The van der Waals surface area contributed by atoms with Crippen LogP contribution in [0.1, 0.15) is 30.1 Å². The van der Waals surface area contributed by atoms with Crippen molar-refractivity contribution in [2.24, 2.45) is 0 Å². The first-order valence-electron chi connectivity index (χ1n) is 9.32. The summed E-state index contributed by atoms with van der Waals surface area (Å²) in [4.78, 5) is 26.6. The zero-order chi connectivity index (χ0) is 19.1. The molecule has 1 aliphatic heterocycles. The van der Waals surface area contributed by atoms with Crippen LogP contribution < -0.4 is 15.4 Å². The molecule has 1 saturated heterocycles. The monoisotopic (exact) mass is 367 g/mol. The van der Waals surface area contributed by atoms with Gasteiger partial charge in [-0.05, 0) is 50.1 Å². The number of amides is 2. The van der Waals surface area contributed by atoms with Gasteiger partial charge in [0.05, 0.1) is 18.8 Å². The van der Waals surface area contributed by atoms with Gasteiger partial charge >= 0.3 is 0 Å². The van der Waals surface area contributed by atoms with Gasteiger partial charge in [-0.3, -0.25) is 9.59 Å². The number of para-hydroxylation sites is 2. The summed E-state index contributed by atoms with van der Waals surface area (Å²) in [5.74, 6) is 0.547. The molecule has 2 aromatic carbocycles. The van der Waals surface area contributed by atoms with Crippen molar-refractivity contribution in [3.63, 3.8) is 0 Å². The van der Waals surface area contributed by atoms with Crippen LogP contribution in [0.25, 0.3) is 0 Å². The average molecular weight is 367 g/mol. The molecule has 1 fully saturated rings. The number of ether oxygens (including phenoxy) is 1. The number of likely N-dealkylation sites (tertiary alicyclic amines) is 1. The lowest BCUT2D eigenvalue weighted by atomic mass is 10.1. The largest absolute Gasteiger partial charge is 0.492 e. The minimum atomic E-state index is -0.188. The van der Waals surface area contributed by atoms with Gasteiger partial charge in [0.25, 0.3) is 5.91 Å². The van der Waals surface area contributed by atoms with Crippen LogP contribution >= 0.6 is 0 Å². The maximum atomic E-state index is 12.5. The van der Waals surface area contributed by atoms with E-state index in [9.17, 15) is 9.59 Å². The standard InChI is InChI=1S/C21H25N3O3/c1-2-27-19-11-4-3-10-18(19)22-15-20(25)23-17-9-7-8-16(14-17)21(26)24-12-5-6-13-24/h3-4,7-11,14,22H,2,5-6,12-13,15H2,1H3,(H,23,25). The molecule has 0 bridgehead atoms. The lowest BCUT2D eigenvalue weighted by molar-refractivity contribution is -0.114. The van der Waals surface area contributed by atoms with Crippen molar-refractivity contribution < 1.29 is 14.3 Å². The molecular formula is C21H25N3O3. The van der Waals surface area contributed by atoms with E-state index in [0.717, 1.165) is 31.6 Å². The van der Waals surface area contributed by atoms with Gasteiger partial charge in [-0.25, -0.2) is 0 Å². The minimum absolute atomic E-state index is 0.0207. The van der Waals surface area contributed by atoms with E-state index in [1.807, 2.05) is 36.1 Å². The van der Waals surface area contributed by atoms with Gasteiger partial charge in [0.2, 0.25) is 5.91 Å². The lowest BCUT2D eigenvalue weighted by Gasteiger charge is -2.16. The van der Waals surface area contributed by atoms with Crippen LogP contribution in [-0.2, 0) is 4.79 Å². The Morgan fingerprint density at radius 3 is 2.63 bits per heavy atom. The summed E-state index contributed by atoms with van der Waals surface area (Å²) in [6.07, 6.45) is 2.11. The number of carbonyl (C=O) groups excluding carboxylic acids is 2. The highest BCUT2D eigenvalue weighted by Gasteiger charge is 2.19. The topological polar surface area (TPSA) is 70.7 Å². The lowest BCUT2D eigenvalue weighted by Crippen LogP contribution is -2.27. The summed E-state index contributed by atoms with van der Waals surface area (Å²) in [5.41, 5.74) is 1.99. The zero-order valence-electron chi connectivity index (χ0n) is 15.5. The van der Waals surface area contributed by atoms with E-state index in [-0.39, 0.29) is 18.4 Å². The summed E-state index contributed by atoms with van der Waals surface area (Å²) in [7, 11) is 0. The second-order valence-corrected chi connectivity index (χ2v) is 6.41. The number of anilines is 2. The molecule has 0 aliphatic carbocycles. The van der Waals surface area contributed by atoms with Crippen LogP contribution in [0.15, 0.2) is 48.5 Å². The van der Waals surface area contributed by atoms with E-state index < -0.39 is 0 Å². The first-order chi connectivity index (χ1) is 13.2. The van der Waals surface area contributed by atoms with Gasteiger partial charge in [-0.1, -0.05) is 18.2 Å². The minimum Gasteiger partial charge on any atom is -0.492 e. The first-order valence-corrected chi connectivity index (χ1v) is 9.32. The second kappa shape index (κ2) is 9.07. The van der Waals surface area contributed by atoms with Crippen molar-refractivity contribution in [3.8, 4) is 5.75 Å². The number of hydrogen-bond donors (Lipinski definition) is 2. The quantitative estimate of drug-likeness (QED) is 0.787. The molecule has 0 atom stereocenters. The third-order valence-corrected chi connectivity index (χ3v) is 4.41. The summed E-state index contributed by atoms with van der Waals surface area (Å²) in [5, 5.41) is 5.92. The molecule has 0 saturated carbocycles. The fourth-order valence-corrected chi connectivity index (χ4v) is 3.11. The molecular weight excluding hydrogens is 342 g/mol. The molecule has 1 heterocycles. The first kappa shape index (κ1) is 18.8. The van der Waals surface area contributed by atoms with Crippen molar-refractivity contribution in [1.82, 2.24) is 4.90 Å². The molecule has 2 amide bonds. The molecule has 2 N–H and O–H groups in total. The molecule has 0 aromatic heterocycles. The van der Waals surface area contributed by atoms with E-state index in [4.69, 9.17) is 4.74 Å². The number of benzene rings is 2. The van der Waals surface area contributed by atoms with Crippen molar-refractivity contribution in [2.75, 3.05) is 36.9 Å². The molecule has 0 unspecified atom stereocenters. The van der Waals surface area contributed by atoms with Gasteiger partial charge in [-0.15, -0.1) is 0 Å². The number of hydrogen-bond acceptors (Lipinski definition) is 4. The zero-order valence-corrected chi connectivity index (χ0v) is 15.5. The summed E-state index contributed by atoms with van der Waals surface area (Å²) in [6, 6.07) is 14.6. The van der Waals surface area contributed by atoms with Crippen molar-refractivity contribution in [3.05, 3.63) is 54.1 Å². The number of rotatable bonds is 7. The summed E-state index contributed by atoms with van der Waals surface area (Å²) < 4.78 is 5.54. The van der Waals surface area contributed by atoms with E-state index in [0.29, 0.717) is 23.6 Å². The smallest absolute Gasteiger partial charge is 0.253 e. The third-order valence-electron chi connectivity index (χ3n) is 4.41. The van der Waals surface area contributed by atoms with E-state index in [1.54, 1.807) is 24.3 Å². The molecule has 2 aromatic rings. The fourth-order valence-electron chi connectivity index (χ4n) is 3.11. The Hall–Kier alpha value is -3.02. The molecule has 27 heavy (non-hydrogen) atoms. The van der Waals surface area contributed by atoms with E-state index in [2.05, 4.69) is 10.6 Å². The number of carbonyl (C=O) groups is 2. The van der Waals surface area contributed by atoms with Crippen LogP contribution in [-0.4, -0.2) is 43.0 Å². The van der Waals surface area contributed by atoms with Gasteiger partial charge in [-0.2, -0.15) is 0 Å². The molecule has 0 spiro atoms. The normalized spacial score (nSPS) is 13.3. The summed E-state index contributed by atoms with van der Waals surface area (Å²) in [6.45, 7) is 4.19. The Morgan fingerprint density at radius 1 is 1.07 bits per heavy atom. The summed E-state index contributed by atoms with van der Waals surface area (Å²) >= 11 is 0. The fraction of sp³-hybridized carbons (Fsp3) is 0.333. The predicted octanol–water partition coefficient (Wildman–Crippen LogP) is 3.37. The second-order valence-electron chi connectivity index (χ2n) is 6.41. The van der Waals surface area contributed by atoms with Crippen molar-refractivity contribution >= 4 is 23.2 Å². The maximum Gasteiger partial charge on any atom is 0.253 e. The highest BCUT2D eigenvalue weighted by molar-refractivity contribution is 5.98. The Morgan fingerprint density at radius 2 is 1.85 bits per heavy atom. The highest BCUT2D eigenvalue weighted by Crippen LogP contribution is 2.23. The van der Waals surface area contributed by atoms with Crippen molar-refractivity contribution in [2.45, 2.75) is 19.8 Å². The van der Waals surface area contributed by atoms with Crippen LogP contribution in [0.4, 0.5) is 11.4 Å². The maximum absolute atomic E-state index is 12.5. The van der Waals surface area contributed by atoms with Gasteiger partial charge in [0, 0.05) is 24.3 Å². The Kier molecular flexibility index (Phi) is 6.30. The van der Waals surface area contributed by atoms with Crippen molar-refractivity contribution in [1.29, 1.82) is 0 Å². The Labute approximate surface area is 159 Å². The average Bonchev–Trinajstić information content (AvgIpc) is 3.22. The van der Waals surface area contributed by atoms with Crippen LogP contribution in [0.3, 0.4) is 0 Å². The molecule has 142 valence electrons.